The molecule has 2 aromatic carbocycles. The Kier molecular flexibility index (Phi) is 9.46. The summed E-state index contributed by atoms with van der Waals surface area (Å²) in [5.41, 5.74) is 1.07. The van der Waals surface area contributed by atoms with Crippen LogP contribution in [0.2, 0.25) is 5.02 Å². The van der Waals surface area contributed by atoms with Gasteiger partial charge in [-0.2, -0.15) is 0 Å². The summed E-state index contributed by atoms with van der Waals surface area (Å²) in [6.45, 7) is 6.74. The number of benzene rings is 2. The predicted octanol–water partition coefficient (Wildman–Crippen LogP) is 3.74. The van der Waals surface area contributed by atoms with E-state index in [-0.39, 0.29) is 18.0 Å². The minimum atomic E-state index is -3.86. The van der Waals surface area contributed by atoms with Gasteiger partial charge in [-0.1, -0.05) is 43.6 Å². The molecular formula is C24H31ClFN3O4S. The highest BCUT2D eigenvalue weighted by atomic mass is 35.5. The SMILES string of the molecule is Cc1cc(Cl)ccc1N(CC(=O)N(Cc1ccccc1F)[C@@H](C)C(=O)NCC(C)C)S(C)(=O)=O. The predicted molar refractivity (Wildman–Crippen MR) is 133 cm³/mol. The quantitative estimate of drug-likeness (QED) is 0.526. The van der Waals surface area contributed by atoms with Gasteiger partial charge in [0.1, 0.15) is 18.4 Å². The molecule has 0 aliphatic rings. The Labute approximate surface area is 205 Å². The molecule has 2 aromatic rings. The fourth-order valence-corrected chi connectivity index (χ4v) is 4.47. The minimum absolute atomic E-state index is 0.195. The summed E-state index contributed by atoms with van der Waals surface area (Å²) in [4.78, 5) is 27.4. The fraction of sp³-hybridized carbons (Fsp3) is 0.417. The third kappa shape index (κ3) is 7.43. The van der Waals surface area contributed by atoms with E-state index in [2.05, 4.69) is 5.32 Å². The average molecular weight is 512 g/mol. The number of hydrogen-bond donors (Lipinski definition) is 1. The van der Waals surface area contributed by atoms with Crippen molar-refractivity contribution in [3.8, 4) is 0 Å². The summed E-state index contributed by atoms with van der Waals surface area (Å²) in [6, 6.07) is 9.63. The van der Waals surface area contributed by atoms with Crippen LogP contribution in [0, 0.1) is 18.7 Å². The molecular weight excluding hydrogens is 481 g/mol. The Morgan fingerprint density at radius 2 is 1.76 bits per heavy atom. The largest absolute Gasteiger partial charge is 0.354 e. The second-order valence-electron chi connectivity index (χ2n) is 8.63. The van der Waals surface area contributed by atoms with Gasteiger partial charge in [0.25, 0.3) is 0 Å². The van der Waals surface area contributed by atoms with Crippen LogP contribution in [0.5, 0.6) is 0 Å². The van der Waals surface area contributed by atoms with Gasteiger partial charge in [-0.3, -0.25) is 13.9 Å². The monoisotopic (exact) mass is 511 g/mol. The van der Waals surface area contributed by atoms with Crippen molar-refractivity contribution in [3.05, 3.63) is 64.4 Å². The zero-order valence-electron chi connectivity index (χ0n) is 20.0. The zero-order valence-corrected chi connectivity index (χ0v) is 21.6. The molecule has 2 rings (SSSR count). The van der Waals surface area contributed by atoms with Gasteiger partial charge < -0.3 is 10.2 Å². The molecule has 0 spiro atoms. The van der Waals surface area contributed by atoms with Gasteiger partial charge >= 0.3 is 0 Å². The maximum atomic E-state index is 14.4. The summed E-state index contributed by atoms with van der Waals surface area (Å²) < 4.78 is 40.6. The number of anilines is 1. The smallest absolute Gasteiger partial charge is 0.244 e. The van der Waals surface area contributed by atoms with Crippen molar-refractivity contribution in [1.29, 1.82) is 0 Å². The highest BCUT2D eigenvalue weighted by Gasteiger charge is 2.31. The molecule has 186 valence electrons. The lowest BCUT2D eigenvalue weighted by Gasteiger charge is -2.32. The van der Waals surface area contributed by atoms with E-state index < -0.39 is 40.2 Å². The first kappa shape index (κ1) is 27.6. The molecule has 1 atom stereocenters. The third-order valence-electron chi connectivity index (χ3n) is 5.26. The van der Waals surface area contributed by atoms with Crippen molar-refractivity contribution in [1.82, 2.24) is 10.2 Å². The maximum Gasteiger partial charge on any atom is 0.244 e. The van der Waals surface area contributed by atoms with E-state index in [9.17, 15) is 22.4 Å². The normalized spacial score (nSPS) is 12.4. The van der Waals surface area contributed by atoms with E-state index >= 15 is 0 Å². The first-order chi connectivity index (χ1) is 15.8. The van der Waals surface area contributed by atoms with E-state index in [0.717, 1.165) is 10.6 Å². The van der Waals surface area contributed by atoms with Crippen molar-refractivity contribution in [3.63, 3.8) is 0 Å². The second-order valence-corrected chi connectivity index (χ2v) is 11.0. The lowest BCUT2D eigenvalue weighted by atomic mass is 10.1. The number of sulfonamides is 1. The molecule has 0 radical (unpaired) electrons. The lowest BCUT2D eigenvalue weighted by molar-refractivity contribution is -0.139. The molecule has 1 N–H and O–H groups in total. The fourth-order valence-electron chi connectivity index (χ4n) is 3.34. The molecule has 0 aliphatic carbocycles. The van der Waals surface area contributed by atoms with Crippen molar-refractivity contribution >= 4 is 39.1 Å². The second kappa shape index (κ2) is 11.7. The Bertz CT molecular complexity index is 1140. The molecule has 0 saturated heterocycles. The maximum absolute atomic E-state index is 14.4. The summed E-state index contributed by atoms with van der Waals surface area (Å²) >= 11 is 6.00. The Morgan fingerprint density at radius 1 is 1.12 bits per heavy atom. The lowest BCUT2D eigenvalue weighted by Crippen LogP contribution is -2.51. The van der Waals surface area contributed by atoms with Crippen LogP contribution in [0.4, 0.5) is 10.1 Å². The van der Waals surface area contributed by atoms with Crippen LogP contribution in [-0.4, -0.2) is 50.5 Å². The van der Waals surface area contributed by atoms with Gasteiger partial charge in [-0.25, -0.2) is 12.8 Å². The number of rotatable bonds is 10. The Hall–Kier alpha value is -2.65. The van der Waals surface area contributed by atoms with Gasteiger partial charge in [-0.15, -0.1) is 0 Å². The molecule has 2 amide bonds. The molecule has 0 saturated carbocycles. The molecule has 0 aromatic heterocycles. The van der Waals surface area contributed by atoms with Crippen molar-refractivity contribution in [2.24, 2.45) is 5.92 Å². The summed E-state index contributed by atoms with van der Waals surface area (Å²) in [7, 11) is -3.86. The van der Waals surface area contributed by atoms with Gasteiger partial charge in [0.15, 0.2) is 0 Å². The van der Waals surface area contributed by atoms with Crippen LogP contribution < -0.4 is 9.62 Å². The number of nitrogens with one attached hydrogen (secondary N) is 1. The van der Waals surface area contributed by atoms with E-state index in [0.29, 0.717) is 22.8 Å². The van der Waals surface area contributed by atoms with Crippen LogP contribution >= 0.6 is 11.6 Å². The van der Waals surface area contributed by atoms with E-state index in [4.69, 9.17) is 11.6 Å². The van der Waals surface area contributed by atoms with Crippen molar-refractivity contribution in [2.75, 3.05) is 23.7 Å². The van der Waals surface area contributed by atoms with Crippen LogP contribution in [0.25, 0.3) is 0 Å². The number of amides is 2. The van der Waals surface area contributed by atoms with E-state index in [1.807, 2.05) is 13.8 Å². The highest BCUT2D eigenvalue weighted by molar-refractivity contribution is 7.92. The van der Waals surface area contributed by atoms with Crippen molar-refractivity contribution < 1.29 is 22.4 Å². The Morgan fingerprint density at radius 3 is 2.32 bits per heavy atom. The van der Waals surface area contributed by atoms with Crippen LogP contribution in [0.1, 0.15) is 31.9 Å². The number of nitrogens with zero attached hydrogens (tertiary/aromatic N) is 2. The Balaban J connectivity index is 2.41. The van der Waals surface area contributed by atoms with Gasteiger partial charge in [-0.05, 0) is 49.6 Å². The van der Waals surface area contributed by atoms with Gasteiger partial charge in [0.05, 0.1) is 11.9 Å². The highest BCUT2D eigenvalue weighted by Crippen LogP contribution is 2.26. The standard InChI is InChI=1S/C24H31ClFN3O4S/c1-16(2)13-27-24(31)18(4)28(14-19-8-6-7-9-21(19)26)23(30)15-29(34(5,32)33)22-11-10-20(25)12-17(22)3/h6-12,16,18H,13-15H2,1-5H3,(H,27,31)/t18-/m0/s1. The van der Waals surface area contributed by atoms with E-state index in [1.165, 1.54) is 42.2 Å². The molecule has 0 aliphatic heterocycles. The molecule has 0 bridgehead atoms. The molecule has 10 heteroatoms. The summed E-state index contributed by atoms with van der Waals surface area (Å²) in [5.74, 6) is -1.38. The van der Waals surface area contributed by atoms with Crippen LogP contribution in [-0.2, 0) is 26.2 Å². The molecule has 0 unspecified atom stereocenters. The van der Waals surface area contributed by atoms with E-state index in [1.54, 1.807) is 19.1 Å². The van der Waals surface area contributed by atoms with Crippen LogP contribution in [0.3, 0.4) is 0 Å². The molecule has 34 heavy (non-hydrogen) atoms. The molecule has 7 nitrogen and oxygen atoms in total. The summed E-state index contributed by atoms with van der Waals surface area (Å²) in [5, 5.41) is 3.20. The zero-order chi connectivity index (χ0) is 25.6. The number of aryl methyl sites for hydroxylation is 1. The molecule has 0 fully saturated rings. The van der Waals surface area contributed by atoms with Gasteiger partial charge in [0.2, 0.25) is 21.8 Å². The number of carbonyl (C=O) groups is 2. The average Bonchev–Trinajstić information content (AvgIpc) is 2.74. The number of halogens is 2. The first-order valence-corrected chi connectivity index (χ1v) is 13.1. The van der Waals surface area contributed by atoms with Crippen LogP contribution in [0.15, 0.2) is 42.5 Å². The molecule has 0 heterocycles. The number of carbonyl (C=O) groups excluding carboxylic acids is 2. The van der Waals surface area contributed by atoms with Gasteiger partial charge in [0, 0.05) is 23.7 Å². The first-order valence-electron chi connectivity index (χ1n) is 10.9. The minimum Gasteiger partial charge on any atom is -0.354 e. The number of hydrogen-bond acceptors (Lipinski definition) is 4. The third-order valence-corrected chi connectivity index (χ3v) is 6.62. The van der Waals surface area contributed by atoms with Crippen molar-refractivity contribution in [2.45, 2.75) is 40.3 Å². The topological polar surface area (TPSA) is 86.8 Å². The summed E-state index contributed by atoms with van der Waals surface area (Å²) in [6.07, 6.45) is 0.994.